The number of nitrogens with two attached hydrogens (primary N) is 1. The molecule has 0 amide bonds. The van der Waals surface area contributed by atoms with Gasteiger partial charge in [0.25, 0.3) is 0 Å². The molecular formula is C22H31N7O. The standard InChI is InChI=1S/C22H31N7O/c1-4-17-12-16-13-29(22(30)28-20(16)27-17)18-8-6-15(7-9-18)19(14(2)3)25-10-5-11-26-21(23)24/h6-9,12-14,19,25H,4-5,10-11H2,1-3H3,(H4,23,24,26)(H,27,28,30). The van der Waals surface area contributed by atoms with Gasteiger partial charge in [-0.15, -0.1) is 0 Å². The number of aryl methyl sites for hydroxylation is 1. The van der Waals surface area contributed by atoms with E-state index < -0.39 is 0 Å². The maximum absolute atomic E-state index is 12.5. The summed E-state index contributed by atoms with van der Waals surface area (Å²) in [6, 6.07) is 10.3. The summed E-state index contributed by atoms with van der Waals surface area (Å²) < 4.78 is 1.59. The largest absolute Gasteiger partial charge is 0.370 e. The van der Waals surface area contributed by atoms with Crippen LogP contribution in [-0.2, 0) is 6.42 Å². The highest BCUT2D eigenvalue weighted by atomic mass is 16.1. The van der Waals surface area contributed by atoms with E-state index in [-0.39, 0.29) is 17.7 Å². The lowest BCUT2D eigenvalue weighted by Crippen LogP contribution is -2.33. The lowest BCUT2D eigenvalue weighted by atomic mass is 9.95. The second-order valence-electron chi connectivity index (χ2n) is 7.81. The number of nitrogens with zero attached hydrogens (tertiary/aromatic N) is 2. The van der Waals surface area contributed by atoms with Crippen LogP contribution in [0, 0.1) is 11.3 Å². The fourth-order valence-electron chi connectivity index (χ4n) is 3.58. The highest BCUT2D eigenvalue weighted by molar-refractivity contribution is 5.75. The molecule has 160 valence electrons. The van der Waals surface area contributed by atoms with Gasteiger partial charge >= 0.3 is 5.69 Å². The van der Waals surface area contributed by atoms with Crippen LogP contribution in [0.25, 0.3) is 16.7 Å². The number of rotatable bonds is 9. The molecule has 3 aromatic rings. The molecule has 0 saturated carbocycles. The van der Waals surface area contributed by atoms with Crippen LogP contribution in [0.3, 0.4) is 0 Å². The first-order valence-electron chi connectivity index (χ1n) is 10.4. The summed E-state index contributed by atoms with van der Waals surface area (Å²) in [5.74, 6) is 0.407. The van der Waals surface area contributed by atoms with Crippen LogP contribution < -0.4 is 22.1 Å². The van der Waals surface area contributed by atoms with Crippen LogP contribution in [-0.4, -0.2) is 33.6 Å². The van der Waals surface area contributed by atoms with Crippen molar-refractivity contribution in [2.75, 3.05) is 13.1 Å². The molecule has 2 heterocycles. The van der Waals surface area contributed by atoms with E-state index in [0.717, 1.165) is 36.2 Å². The predicted octanol–water partition coefficient (Wildman–Crippen LogP) is 2.44. The monoisotopic (exact) mass is 409 g/mol. The number of guanidine groups is 1. The molecule has 2 aromatic heterocycles. The topological polar surface area (TPSA) is 125 Å². The van der Waals surface area contributed by atoms with Crippen molar-refractivity contribution in [1.82, 2.24) is 25.2 Å². The fourth-order valence-corrected chi connectivity index (χ4v) is 3.58. The molecular weight excluding hydrogens is 378 g/mol. The van der Waals surface area contributed by atoms with Crippen LogP contribution >= 0.6 is 0 Å². The predicted molar refractivity (Wildman–Crippen MR) is 121 cm³/mol. The molecule has 1 atom stereocenters. The van der Waals surface area contributed by atoms with Crippen LogP contribution in [0.4, 0.5) is 0 Å². The quantitative estimate of drug-likeness (QED) is 0.211. The molecule has 30 heavy (non-hydrogen) atoms. The molecule has 8 nitrogen and oxygen atoms in total. The second kappa shape index (κ2) is 9.58. The normalized spacial score (nSPS) is 12.4. The van der Waals surface area contributed by atoms with Gasteiger partial charge in [-0.2, -0.15) is 4.98 Å². The molecule has 0 aliphatic carbocycles. The van der Waals surface area contributed by atoms with E-state index in [1.165, 1.54) is 5.56 Å². The highest BCUT2D eigenvalue weighted by Gasteiger charge is 2.15. The summed E-state index contributed by atoms with van der Waals surface area (Å²) in [6.07, 6.45) is 3.58. The van der Waals surface area contributed by atoms with Crippen molar-refractivity contribution >= 4 is 17.0 Å². The number of nitrogens with one attached hydrogen (secondary N) is 4. The summed E-state index contributed by atoms with van der Waals surface area (Å²) in [5.41, 5.74) is 8.68. The zero-order valence-corrected chi connectivity index (χ0v) is 17.8. The molecule has 3 rings (SSSR count). The lowest BCUT2D eigenvalue weighted by molar-refractivity contribution is 0.409. The van der Waals surface area contributed by atoms with Crippen molar-refractivity contribution in [1.29, 1.82) is 5.41 Å². The molecule has 6 N–H and O–H groups in total. The van der Waals surface area contributed by atoms with Gasteiger partial charge in [0.05, 0.1) is 5.69 Å². The molecule has 0 aliphatic heterocycles. The van der Waals surface area contributed by atoms with Crippen molar-refractivity contribution in [2.45, 2.75) is 39.7 Å². The summed E-state index contributed by atoms with van der Waals surface area (Å²) in [7, 11) is 0. The summed E-state index contributed by atoms with van der Waals surface area (Å²) in [4.78, 5) is 19.9. The summed E-state index contributed by atoms with van der Waals surface area (Å²) >= 11 is 0. The summed E-state index contributed by atoms with van der Waals surface area (Å²) in [6.45, 7) is 7.91. The maximum atomic E-state index is 12.5. The second-order valence-corrected chi connectivity index (χ2v) is 7.81. The highest BCUT2D eigenvalue weighted by Crippen LogP contribution is 2.23. The van der Waals surface area contributed by atoms with E-state index in [1.54, 1.807) is 4.57 Å². The Morgan fingerprint density at radius 1 is 1.27 bits per heavy atom. The fraction of sp³-hybridized carbons (Fsp3) is 0.409. The Morgan fingerprint density at radius 2 is 2.00 bits per heavy atom. The van der Waals surface area contributed by atoms with Crippen molar-refractivity contribution in [2.24, 2.45) is 11.7 Å². The van der Waals surface area contributed by atoms with Crippen molar-refractivity contribution in [3.05, 3.63) is 58.3 Å². The van der Waals surface area contributed by atoms with Crippen LogP contribution in [0.5, 0.6) is 0 Å². The third kappa shape index (κ3) is 5.07. The van der Waals surface area contributed by atoms with E-state index >= 15 is 0 Å². The number of benzene rings is 1. The van der Waals surface area contributed by atoms with Gasteiger partial charge in [0, 0.05) is 29.9 Å². The van der Waals surface area contributed by atoms with Gasteiger partial charge in [-0.1, -0.05) is 32.9 Å². The third-order valence-corrected chi connectivity index (χ3v) is 5.18. The lowest BCUT2D eigenvalue weighted by Gasteiger charge is -2.23. The van der Waals surface area contributed by atoms with Gasteiger partial charge < -0.3 is 21.4 Å². The zero-order valence-electron chi connectivity index (χ0n) is 17.8. The average molecular weight is 410 g/mol. The van der Waals surface area contributed by atoms with Crippen LogP contribution in [0.1, 0.15) is 44.5 Å². The molecule has 0 aliphatic rings. The first-order valence-corrected chi connectivity index (χ1v) is 10.4. The van der Waals surface area contributed by atoms with E-state index in [1.807, 2.05) is 24.4 Å². The van der Waals surface area contributed by atoms with E-state index in [2.05, 4.69) is 53.5 Å². The Labute approximate surface area is 176 Å². The summed E-state index contributed by atoms with van der Waals surface area (Å²) in [5, 5.41) is 14.5. The minimum absolute atomic E-state index is 0.000486. The Balaban J connectivity index is 1.75. The Morgan fingerprint density at radius 3 is 2.63 bits per heavy atom. The number of H-pyrrole nitrogens is 1. The average Bonchev–Trinajstić information content (AvgIpc) is 3.11. The Bertz CT molecular complexity index is 1050. The van der Waals surface area contributed by atoms with Gasteiger partial charge in [0.2, 0.25) is 0 Å². The smallest absolute Gasteiger partial charge is 0.354 e. The van der Waals surface area contributed by atoms with Crippen molar-refractivity contribution in [3.63, 3.8) is 0 Å². The molecule has 8 heteroatoms. The van der Waals surface area contributed by atoms with E-state index in [9.17, 15) is 4.79 Å². The minimum atomic E-state index is -0.295. The first-order chi connectivity index (χ1) is 14.4. The number of hydrogen-bond donors (Lipinski definition) is 5. The number of fused-ring (bicyclic) bond motifs is 1. The van der Waals surface area contributed by atoms with Crippen molar-refractivity contribution in [3.8, 4) is 5.69 Å². The molecule has 1 aromatic carbocycles. The van der Waals surface area contributed by atoms with Gasteiger partial charge in [-0.3, -0.25) is 9.98 Å². The van der Waals surface area contributed by atoms with E-state index in [4.69, 9.17) is 11.1 Å². The Kier molecular flexibility index (Phi) is 6.89. The molecule has 0 fully saturated rings. The number of hydrogen-bond acceptors (Lipinski definition) is 4. The Hall–Kier alpha value is -3.13. The number of aromatic nitrogens is 3. The van der Waals surface area contributed by atoms with Gasteiger partial charge in [0.15, 0.2) is 5.96 Å². The molecule has 1 unspecified atom stereocenters. The van der Waals surface area contributed by atoms with Crippen LogP contribution in [0.15, 0.2) is 41.3 Å². The SMILES string of the molecule is CCc1cc2cn(-c3ccc(C(NCCCNC(=N)N)C(C)C)cc3)c(=O)nc2[nH]1. The number of aromatic amines is 1. The maximum Gasteiger partial charge on any atom is 0.354 e. The van der Waals surface area contributed by atoms with E-state index in [0.29, 0.717) is 18.1 Å². The zero-order chi connectivity index (χ0) is 21.7. The van der Waals surface area contributed by atoms with Crippen LogP contribution in [0.2, 0.25) is 0 Å². The third-order valence-electron chi connectivity index (χ3n) is 5.18. The molecule has 0 saturated heterocycles. The minimum Gasteiger partial charge on any atom is -0.370 e. The molecule has 0 radical (unpaired) electrons. The molecule has 0 bridgehead atoms. The van der Waals surface area contributed by atoms with Gasteiger partial charge in [-0.05, 0) is 49.1 Å². The molecule has 0 spiro atoms. The van der Waals surface area contributed by atoms with Gasteiger partial charge in [0.1, 0.15) is 5.65 Å². The first kappa shape index (κ1) is 21.6. The van der Waals surface area contributed by atoms with Gasteiger partial charge in [-0.25, -0.2) is 4.79 Å². The van der Waals surface area contributed by atoms with Crippen molar-refractivity contribution < 1.29 is 0 Å².